The first-order valence-electron chi connectivity index (χ1n) is 11.9. The van der Waals surface area contributed by atoms with Gasteiger partial charge in [-0.05, 0) is 53.8 Å². The van der Waals surface area contributed by atoms with Gasteiger partial charge < -0.3 is 20.2 Å². The maximum atomic E-state index is 13.8. The van der Waals surface area contributed by atoms with Gasteiger partial charge in [-0.1, -0.05) is 43.0 Å². The van der Waals surface area contributed by atoms with E-state index in [4.69, 9.17) is 4.42 Å². The van der Waals surface area contributed by atoms with E-state index in [-0.39, 0.29) is 24.6 Å². The van der Waals surface area contributed by atoms with E-state index in [9.17, 15) is 18.7 Å². The Morgan fingerprint density at radius 3 is 2.62 bits per heavy atom. The first-order valence-corrected chi connectivity index (χ1v) is 12.9. The zero-order valence-corrected chi connectivity index (χ0v) is 21.1. The van der Waals surface area contributed by atoms with Gasteiger partial charge in [-0.2, -0.15) is 4.98 Å². The van der Waals surface area contributed by atoms with E-state index in [1.807, 2.05) is 12.1 Å². The predicted octanol–water partition coefficient (Wildman–Crippen LogP) is 4.03. The van der Waals surface area contributed by atoms with Crippen LogP contribution in [-0.2, 0) is 24.2 Å². The quantitative estimate of drug-likeness (QED) is 0.240. The molecule has 0 saturated carbocycles. The Morgan fingerprint density at radius 2 is 1.86 bits per heavy atom. The fourth-order valence-corrected chi connectivity index (χ4v) is 4.56. The van der Waals surface area contributed by atoms with Crippen LogP contribution in [-0.4, -0.2) is 45.4 Å². The molecule has 0 bridgehead atoms. The Bertz CT molecular complexity index is 1300. The number of aryl methyl sites for hydroxylation is 1. The minimum atomic E-state index is -1.01. The third kappa shape index (κ3) is 7.82. The summed E-state index contributed by atoms with van der Waals surface area (Å²) in [6, 6.07) is 14.0. The second-order valence-electron chi connectivity index (χ2n) is 8.62. The zero-order valence-electron chi connectivity index (χ0n) is 20.3. The van der Waals surface area contributed by atoms with Crippen molar-refractivity contribution in [2.24, 2.45) is 0 Å². The lowest BCUT2D eigenvalue weighted by Gasteiger charge is -2.25. The highest BCUT2D eigenvalue weighted by Gasteiger charge is 2.23. The van der Waals surface area contributed by atoms with Crippen molar-refractivity contribution in [1.29, 1.82) is 0 Å². The van der Waals surface area contributed by atoms with Gasteiger partial charge in [-0.15, -0.1) is 0 Å². The van der Waals surface area contributed by atoms with Crippen LogP contribution in [0.3, 0.4) is 0 Å². The summed E-state index contributed by atoms with van der Waals surface area (Å²) in [5.74, 6) is -1.84. The number of rotatable bonds is 12. The molecule has 0 spiro atoms. The summed E-state index contributed by atoms with van der Waals surface area (Å²) in [6.45, 7) is 2.78. The molecule has 0 fully saturated rings. The average Bonchev–Trinajstić information content (AvgIpc) is 3.30. The number of amides is 1. The van der Waals surface area contributed by atoms with E-state index in [2.05, 4.69) is 39.7 Å². The summed E-state index contributed by atoms with van der Waals surface area (Å²) in [6.07, 6.45) is 1.56. The highest BCUT2D eigenvalue weighted by atomic mass is 32.2. The molecule has 10 heteroatoms. The van der Waals surface area contributed by atoms with Gasteiger partial charge in [0.1, 0.15) is 11.6 Å². The van der Waals surface area contributed by atoms with E-state index in [0.717, 1.165) is 29.8 Å². The van der Waals surface area contributed by atoms with Crippen LogP contribution in [0.2, 0.25) is 0 Å². The van der Waals surface area contributed by atoms with Crippen molar-refractivity contribution in [3.05, 3.63) is 89.1 Å². The first kappa shape index (κ1) is 26.7. The summed E-state index contributed by atoms with van der Waals surface area (Å²) in [4.78, 5) is 21.1. The van der Waals surface area contributed by atoms with Gasteiger partial charge in [0.25, 0.3) is 5.22 Å². The summed E-state index contributed by atoms with van der Waals surface area (Å²) in [5.41, 5.74) is 3.58. The molecule has 2 atom stereocenters. The number of oxazole rings is 1. The van der Waals surface area contributed by atoms with E-state index in [1.54, 1.807) is 18.3 Å². The number of hydrogen-bond donors (Lipinski definition) is 3. The number of nitrogens with one attached hydrogen (secondary N) is 2. The fourth-order valence-electron chi connectivity index (χ4n) is 3.92. The predicted molar refractivity (Wildman–Crippen MR) is 138 cm³/mol. The molecule has 0 saturated heterocycles. The Hall–Kier alpha value is -3.34. The maximum Gasteiger partial charge on any atom is 0.258 e. The fraction of sp³-hybridized carbons (Fsp3) is 0.296. The smallest absolute Gasteiger partial charge is 0.258 e. The van der Waals surface area contributed by atoms with E-state index in [0.29, 0.717) is 28.6 Å². The Kier molecular flexibility index (Phi) is 9.21. The molecule has 3 N–H and O–H groups in total. The number of thioether (sulfide) groups is 1. The third-order valence-corrected chi connectivity index (χ3v) is 6.57. The van der Waals surface area contributed by atoms with Crippen molar-refractivity contribution in [3.8, 4) is 0 Å². The van der Waals surface area contributed by atoms with Crippen LogP contribution in [0, 0.1) is 11.6 Å². The molecular weight excluding hydrogens is 498 g/mol. The number of halogens is 2. The topological polar surface area (TPSA) is 100 Å². The van der Waals surface area contributed by atoms with Gasteiger partial charge in [-0.3, -0.25) is 4.79 Å². The molecule has 37 heavy (non-hydrogen) atoms. The van der Waals surface area contributed by atoms with Gasteiger partial charge in [0.05, 0.1) is 17.9 Å². The van der Waals surface area contributed by atoms with Gasteiger partial charge in [0, 0.05) is 25.4 Å². The number of benzene rings is 2. The lowest BCUT2D eigenvalue weighted by molar-refractivity contribution is -0.120. The van der Waals surface area contributed by atoms with Crippen molar-refractivity contribution >= 4 is 28.9 Å². The normalized spacial score (nSPS) is 13.0. The second kappa shape index (κ2) is 12.8. The molecule has 0 aliphatic heterocycles. The summed E-state index contributed by atoms with van der Waals surface area (Å²) in [7, 11) is 0. The van der Waals surface area contributed by atoms with Crippen molar-refractivity contribution < 1.29 is 23.1 Å². The molecule has 2 aromatic heterocycles. The lowest BCUT2D eigenvalue weighted by Crippen LogP contribution is -2.49. The van der Waals surface area contributed by atoms with Gasteiger partial charge >= 0.3 is 0 Å². The molecule has 194 valence electrons. The molecular formula is C27H28F2N4O3S. The second-order valence-corrected chi connectivity index (χ2v) is 9.55. The molecule has 4 rings (SSSR count). The number of nitrogens with zero attached hydrogens (tertiary/aromatic N) is 2. The Morgan fingerprint density at radius 1 is 1.08 bits per heavy atom. The molecule has 4 aromatic rings. The van der Waals surface area contributed by atoms with Gasteiger partial charge in [0.15, 0.2) is 11.2 Å². The number of carbonyl (C=O) groups is 1. The molecule has 0 radical (unpaired) electrons. The van der Waals surface area contributed by atoms with Gasteiger partial charge in [-0.25, -0.2) is 13.8 Å². The maximum absolute atomic E-state index is 13.8. The van der Waals surface area contributed by atoms with Crippen molar-refractivity contribution in [2.45, 2.75) is 43.7 Å². The number of fused-ring (bicyclic) bond motifs is 1. The highest BCUT2D eigenvalue weighted by molar-refractivity contribution is 7.99. The van der Waals surface area contributed by atoms with Crippen LogP contribution in [0.4, 0.5) is 8.78 Å². The van der Waals surface area contributed by atoms with Crippen LogP contribution < -0.4 is 10.6 Å². The van der Waals surface area contributed by atoms with Gasteiger partial charge in [0.2, 0.25) is 5.91 Å². The number of pyridine rings is 1. The minimum Gasteiger partial charge on any atom is -0.430 e. The van der Waals surface area contributed by atoms with Crippen molar-refractivity contribution in [2.75, 3.05) is 12.3 Å². The number of carbonyl (C=O) groups excluding carboxylic acids is 1. The van der Waals surface area contributed by atoms with Crippen LogP contribution in [0.1, 0.15) is 23.6 Å². The lowest BCUT2D eigenvalue weighted by atomic mass is 10.0. The van der Waals surface area contributed by atoms with Crippen LogP contribution in [0.15, 0.2) is 70.4 Å². The molecule has 2 aromatic carbocycles. The summed E-state index contributed by atoms with van der Waals surface area (Å²) < 4.78 is 33.1. The minimum absolute atomic E-state index is 0.0230. The Balaban J connectivity index is 1.38. The Labute approximate surface area is 217 Å². The largest absolute Gasteiger partial charge is 0.430 e. The summed E-state index contributed by atoms with van der Waals surface area (Å²) >= 11 is 1.09. The van der Waals surface area contributed by atoms with Crippen LogP contribution >= 0.6 is 11.8 Å². The average molecular weight is 527 g/mol. The SMILES string of the molecule is CCc1cccc(CNC[C@H](O)[C@H](Cc2cc(F)cc(F)c2)NC(=O)CSc2nc3ncccc3o2)c1. The number of aliphatic hydroxyl groups is 1. The van der Waals surface area contributed by atoms with E-state index >= 15 is 0 Å². The standard InChI is InChI=1S/C27H28F2N4O3S/c1-2-17-5-3-6-18(9-17)14-30-15-23(34)22(12-19-10-20(28)13-21(29)11-19)32-25(35)16-37-27-33-26-24(36-27)7-4-8-31-26/h3-11,13,22-23,30,34H,2,12,14-16H2,1H3,(H,32,35)/t22-,23-/m0/s1. The first-order chi connectivity index (χ1) is 17.9. The molecule has 1 amide bonds. The highest BCUT2D eigenvalue weighted by Crippen LogP contribution is 2.22. The van der Waals surface area contributed by atoms with E-state index in [1.165, 1.54) is 17.7 Å². The monoisotopic (exact) mass is 526 g/mol. The zero-order chi connectivity index (χ0) is 26.2. The summed E-state index contributed by atoms with van der Waals surface area (Å²) in [5, 5.41) is 17.2. The number of aliphatic hydroxyl groups excluding tert-OH is 1. The molecule has 0 aliphatic rings. The number of aromatic nitrogens is 2. The van der Waals surface area contributed by atoms with Crippen LogP contribution in [0.25, 0.3) is 11.2 Å². The van der Waals surface area contributed by atoms with Crippen molar-refractivity contribution in [1.82, 2.24) is 20.6 Å². The molecule has 0 unspecified atom stereocenters. The molecule has 7 nitrogen and oxygen atoms in total. The third-order valence-electron chi connectivity index (χ3n) is 5.74. The van der Waals surface area contributed by atoms with E-state index < -0.39 is 23.8 Å². The number of hydrogen-bond acceptors (Lipinski definition) is 7. The van der Waals surface area contributed by atoms with Crippen LogP contribution in [0.5, 0.6) is 0 Å². The van der Waals surface area contributed by atoms with Crippen molar-refractivity contribution in [3.63, 3.8) is 0 Å². The molecule has 0 aliphatic carbocycles. The molecule has 2 heterocycles.